The van der Waals surface area contributed by atoms with E-state index in [2.05, 4.69) is 35.9 Å². The third-order valence-electron chi connectivity index (χ3n) is 9.82. The number of hydrogen-bond acceptors (Lipinski definition) is 5. The summed E-state index contributed by atoms with van der Waals surface area (Å²) in [5, 5.41) is 3.29. The highest BCUT2D eigenvalue weighted by Crippen LogP contribution is 2.25. The van der Waals surface area contributed by atoms with Crippen molar-refractivity contribution < 1.29 is 0 Å². The Bertz CT molecular complexity index is 844. The molecule has 0 amide bonds. The fourth-order valence-electron chi connectivity index (χ4n) is 6.79. The van der Waals surface area contributed by atoms with Gasteiger partial charge in [-0.05, 0) is 32.9 Å². The standard InChI is InChI=1S/C40H77N3O2/c1-6-9-12-15-19-24-29-36(30-25-20-16-13-10-7-2)31-26-21-18-23-28-34-43(33-27-22-17-14-11-8-3)38-37(39(44)40(38)45)41-32-35-42(4)5/h36,41H,6-35H2,1-5H3. The molecule has 0 atom stereocenters. The maximum absolute atomic E-state index is 12.7. The van der Waals surface area contributed by atoms with E-state index in [0.29, 0.717) is 17.9 Å². The van der Waals surface area contributed by atoms with Crippen LogP contribution in [-0.4, -0.2) is 45.2 Å². The molecule has 0 fully saturated rings. The zero-order chi connectivity index (χ0) is 33.0. The van der Waals surface area contributed by atoms with E-state index < -0.39 is 0 Å². The molecule has 0 heterocycles. The quantitative estimate of drug-likeness (QED) is 0.0606. The van der Waals surface area contributed by atoms with Gasteiger partial charge in [-0.2, -0.15) is 0 Å². The Morgan fingerprint density at radius 2 is 0.867 bits per heavy atom. The molecule has 0 saturated carbocycles. The lowest BCUT2D eigenvalue weighted by atomic mass is 9.89. The first-order valence-electron chi connectivity index (χ1n) is 19.9. The van der Waals surface area contributed by atoms with Gasteiger partial charge in [-0.25, -0.2) is 0 Å². The number of anilines is 2. The van der Waals surface area contributed by atoms with E-state index in [-0.39, 0.29) is 10.9 Å². The highest BCUT2D eigenvalue weighted by Gasteiger charge is 2.25. The summed E-state index contributed by atoms with van der Waals surface area (Å²) in [4.78, 5) is 29.5. The molecule has 0 aliphatic carbocycles. The summed E-state index contributed by atoms with van der Waals surface area (Å²) in [6.45, 7) is 10.2. The lowest BCUT2D eigenvalue weighted by Gasteiger charge is -2.28. The molecule has 264 valence electrons. The number of rotatable bonds is 34. The van der Waals surface area contributed by atoms with E-state index >= 15 is 0 Å². The van der Waals surface area contributed by atoms with Crippen molar-refractivity contribution in [3.05, 3.63) is 20.4 Å². The molecular weight excluding hydrogens is 554 g/mol. The van der Waals surface area contributed by atoms with Crippen molar-refractivity contribution >= 4 is 11.4 Å². The molecule has 1 aromatic carbocycles. The van der Waals surface area contributed by atoms with Crippen molar-refractivity contribution in [1.29, 1.82) is 0 Å². The third kappa shape index (κ3) is 20.5. The number of nitrogens with zero attached hydrogens (tertiary/aromatic N) is 2. The molecule has 1 aromatic rings. The predicted molar refractivity (Wildman–Crippen MR) is 201 cm³/mol. The maximum Gasteiger partial charge on any atom is 0.253 e. The van der Waals surface area contributed by atoms with Gasteiger partial charge in [-0.15, -0.1) is 0 Å². The second-order valence-corrected chi connectivity index (χ2v) is 14.4. The van der Waals surface area contributed by atoms with Gasteiger partial charge in [-0.3, -0.25) is 9.59 Å². The predicted octanol–water partition coefficient (Wildman–Crippen LogP) is 10.9. The maximum atomic E-state index is 12.7. The summed E-state index contributed by atoms with van der Waals surface area (Å²) in [6, 6.07) is 0. The SMILES string of the molecule is CCCCCCCCC(CCCCCCCC)CCCCCCCN(CCCCCCCC)c1c(NCCN(C)C)c(=O)c1=O. The van der Waals surface area contributed by atoms with Crippen molar-refractivity contribution in [2.24, 2.45) is 5.92 Å². The van der Waals surface area contributed by atoms with Crippen molar-refractivity contribution in [3.63, 3.8) is 0 Å². The Morgan fingerprint density at radius 1 is 0.489 bits per heavy atom. The highest BCUT2D eigenvalue weighted by atomic mass is 16.2. The zero-order valence-electron chi connectivity index (χ0n) is 31.0. The van der Waals surface area contributed by atoms with Crippen LogP contribution in [0.5, 0.6) is 0 Å². The van der Waals surface area contributed by atoms with Crippen molar-refractivity contribution in [2.75, 3.05) is 50.5 Å². The van der Waals surface area contributed by atoms with Crippen LogP contribution in [0.4, 0.5) is 11.4 Å². The van der Waals surface area contributed by atoms with E-state index in [4.69, 9.17) is 0 Å². The van der Waals surface area contributed by atoms with Gasteiger partial charge in [0.1, 0.15) is 11.4 Å². The lowest BCUT2D eigenvalue weighted by Crippen LogP contribution is -2.44. The second kappa shape index (κ2) is 28.8. The van der Waals surface area contributed by atoms with Gasteiger partial charge in [-0.1, -0.05) is 175 Å². The first kappa shape index (κ1) is 41.7. The molecule has 0 bridgehead atoms. The summed E-state index contributed by atoms with van der Waals surface area (Å²) in [5.41, 5.74) is 0.623. The minimum atomic E-state index is -0.326. The molecule has 1 rings (SSSR count). The number of likely N-dealkylation sites (N-methyl/N-ethyl adjacent to an activating group) is 1. The smallest absolute Gasteiger partial charge is 0.253 e. The van der Waals surface area contributed by atoms with Gasteiger partial charge in [0.05, 0.1) is 0 Å². The third-order valence-corrected chi connectivity index (χ3v) is 9.82. The van der Waals surface area contributed by atoms with Crippen LogP contribution in [-0.2, 0) is 0 Å². The average molecular weight is 632 g/mol. The van der Waals surface area contributed by atoms with Gasteiger partial charge in [0.25, 0.3) is 10.9 Å². The number of hydrogen-bond donors (Lipinski definition) is 1. The molecule has 1 N–H and O–H groups in total. The van der Waals surface area contributed by atoms with E-state index in [1.807, 2.05) is 14.1 Å². The summed E-state index contributed by atoms with van der Waals surface area (Å²) in [5.74, 6) is 0.933. The lowest BCUT2D eigenvalue weighted by molar-refractivity contribution is 0.366. The first-order chi connectivity index (χ1) is 22.0. The van der Waals surface area contributed by atoms with Crippen LogP contribution in [0.1, 0.15) is 188 Å². The molecule has 0 spiro atoms. The van der Waals surface area contributed by atoms with E-state index in [1.165, 1.54) is 154 Å². The van der Waals surface area contributed by atoms with E-state index in [0.717, 1.165) is 38.4 Å². The fourth-order valence-corrected chi connectivity index (χ4v) is 6.79. The number of unbranched alkanes of at least 4 members (excludes halogenated alkanes) is 19. The van der Waals surface area contributed by atoms with E-state index in [9.17, 15) is 9.59 Å². The van der Waals surface area contributed by atoms with Crippen LogP contribution < -0.4 is 21.1 Å². The molecule has 0 radical (unpaired) electrons. The van der Waals surface area contributed by atoms with Crippen molar-refractivity contribution in [2.45, 2.75) is 188 Å². The minimum absolute atomic E-state index is 0.282. The summed E-state index contributed by atoms with van der Waals surface area (Å²) < 4.78 is 0. The van der Waals surface area contributed by atoms with Crippen LogP contribution in [0.15, 0.2) is 9.59 Å². The molecule has 0 saturated heterocycles. The average Bonchev–Trinajstić information content (AvgIpc) is 3.03. The minimum Gasteiger partial charge on any atom is -0.379 e. The largest absolute Gasteiger partial charge is 0.379 e. The zero-order valence-corrected chi connectivity index (χ0v) is 31.0. The molecule has 0 aliphatic heterocycles. The molecule has 45 heavy (non-hydrogen) atoms. The van der Waals surface area contributed by atoms with Crippen LogP contribution in [0.25, 0.3) is 0 Å². The first-order valence-corrected chi connectivity index (χ1v) is 19.9. The Labute approximate surface area is 280 Å². The molecule has 0 unspecified atom stereocenters. The topological polar surface area (TPSA) is 52.6 Å². The van der Waals surface area contributed by atoms with Crippen LogP contribution in [0.3, 0.4) is 0 Å². The Hall–Kier alpha value is -1.36. The molecule has 5 heteroatoms. The van der Waals surface area contributed by atoms with Gasteiger partial charge in [0, 0.05) is 26.2 Å². The normalized spacial score (nSPS) is 11.8. The molecular formula is C40H77N3O2. The summed E-state index contributed by atoms with van der Waals surface area (Å²) in [7, 11) is 4.06. The summed E-state index contributed by atoms with van der Waals surface area (Å²) >= 11 is 0. The van der Waals surface area contributed by atoms with Gasteiger partial charge < -0.3 is 15.1 Å². The van der Waals surface area contributed by atoms with Crippen LogP contribution >= 0.6 is 0 Å². The van der Waals surface area contributed by atoms with Gasteiger partial charge >= 0.3 is 0 Å². The van der Waals surface area contributed by atoms with Gasteiger partial charge in [0.2, 0.25) is 0 Å². The number of nitrogens with one attached hydrogen (secondary N) is 1. The van der Waals surface area contributed by atoms with E-state index in [1.54, 1.807) is 0 Å². The van der Waals surface area contributed by atoms with Crippen molar-refractivity contribution in [3.8, 4) is 0 Å². The second-order valence-electron chi connectivity index (χ2n) is 14.4. The molecule has 5 nitrogen and oxygen atoms in total. The van der Waals surface area contributed by atoms with Crippen LogP contribution in [0.2, 0.25) is 0 Å². The van der Waals surface area contributed by atoms with Crippen molar-refractivity contribution in [1.82, 2.24) is 4.90 Å². The highest BCUT2D eigenvalue weighted by molar-refractivity contribution is 5.75. The Morgan fingerprint density at radius 3 is 1.27 bits per heavy atom. The molecule has 0 aliphatic rings. The molecule has 0 aromatic heterocycles. The Balaban J connectivity index is 2.50. The monoisotopic (exact) mass is 632 g/mol. The Kier molecular flexibility index (Phi) is 26.7. The van der Waals surface area contributed by atoms with Gasteiger partial charge in [0.15, 0.2) is 0 Å². The fraction of sp³-hybridized carbons (Fsp3) is 0.900. The van der Waals surface area contributed by atoms with Crippen LogP contribution in [0, 0.1) is 5.92 Å². The summed E-state index contributed by atoms with van der Waals surface area (Å²) in [6.07, 6.45) is 34.9.